The van der Waals surface area contributed by atoms with E-state index in [1.807, 2.05) is 4.90 Å². The van der Waals surface area contributed by atoms with Crippen molar-refractivity contribution < 1.29 is 31.9 Å². The Labute approximate surface area is 174 Å². The number of aliphatic carboxylic acids is 1. The summed E-state index contributed by atoms with van der Waals surface area (Å²) in [5.74, 6) is -1.28. The number of hydrogen-bond acceptors (Lipinski definition) is 5. The molecule has 6 nitrogen and oxygen atoms in total. The third-order valence-electron chi connectivity index (χ3n) is 5.30. The van der Waals surface area contributed by atoms with Gasteiger partial charge in [0.05, 0.1) is 12.0 Å². The average molecular weight is 437 g/mol. The van der Waals surface area contributed by atoms with Crippen LogP contribution in [0.4, 0.5) is 23.4 Å². The van der Waals surface area contributed by atoms with Crippen molar-refractivity contribution in [2.75, 3.05) is 18.0 Å². The highest BCUT2D eigenvalue weighted by atomic mass is 19.4. The first-order valence-electron chi connectivity index (χ1n) is 9.76. The summed E-state index contributed by atoms with van der Waals surface area (Å²) in [5.41, 5.74) is 1.01. The topological polar surface area (TPSA) is 79.5 Å². The SMILES string of the molecule is O=C(O)CC1CCN(c2nc(CCC(F)(F)F)cnc2-c2cc(F)c3occc3c2)C1. The van der Waals surface area contributed by atoms with Crippen LogP contribution in [0, 0.1) is 11.7 Å². The van der Waals surface area contributed by atoms with E-state index in [9.17, 15) is 22.4 Å². The maximum atomic E-state index is 14.5. The molecule has 1 fully saturated rings. The Bertz CT molecular complexity index is 1110. The van der Waals surface area contributed by atoms with Crippen LogP contribution >= 0.6 is 0 Å². The Balaban J connectivity index is 1.72. The lowest BCUT2D eigenvalue weighted by Gasteiger charge is -2.21. The molecule has 1 N–H and O–H groups in total. The summed E-state index contributed by atoms with van der Waals surface area (Å²) in [7, 11) is 0. The van der Waals surface area contributed by atoms with E-state index in [-0.39, 0.29) is 30.0 Å². The second kappa shape index (κ2) is 8.16. The minimum atomic E-state index is -4.32. The fraction of sp³-hybridized carbons (Fsp3) is 0.381. The van der Waals surface area contributed by atoms with E-state index in [0.717, 1.165) is 0 Å². The van der Waals surface area contributed by atoms with Crippen molar-refractivity contribution in [1.29, 1.82) is 0 Å². The number of halogens is 4. The van der Waals surface area contributed by atoms with E-state index in [0.29, 0.717) is 42.0 Å². The molecular formula is C21H19F4N3O3. The fourth-order valence-electron chi connectivity index (χ4n) is 3.84. The van der Waals surface area contributed by atoms with Gasteiger partial charge in [0, 0.05) is 43.1 Å². The lowest BCUT2D eigenvalue weighted by Crippen LogP contribution is -2.23. The third-order valence-corrected chi connectivity index (χ3v) is 5.30. The molecule has 2 aromatic heterocycles. The highest BCUT2D eigenvalue weighted by Crippen LogP contribution is 2.35. The lowest BCUT2D eigenvalue weighted by atomic mass is 10.1. The fourth-order valence-corrected chi connectivity index (χ4v) is 3.84. The van der Waals surface area contributed by atoms with Gasteiger partial charge in [-0.25, -0.2) is 9.37 Å². The molecule has 1 aromatic carbocycles. The number of alkyl halides is 3. The minimum absolute atomic E-state index is 0.0113. The Morgan fingerprint density at radius 3 is 2.87 bits per heavy atom. The number of anilines is 1. The van der Waals surface area contributed by atoms with Gasteiger partial charge >= 0.3 is 12.1 Å². The van der Waals surface area contributed by atoms with Crippen molar-refractivity contribution in [3.05, 3.63) is 42.2 Å². The average Bonchev–Trinajstić information content (AvgIpc) is 3.35. The number of carbonyl (C=O) groups is 1. The molecule has 3 heterocycles. The van der Waals surface area contributed by atoms with Gasteiger partial charge in [-0.15, -0.1) is 0 Å². The van der Waals surface area contributed by atoms with Crippen molar-refractivity contribution >= 4 is 22.8 Å². The van der Waals surface area contributed by atoms with Crippen molar-refractivity contribution in [1.82, 2.24) is 9.97 Å². The van der Waals surface area contributed by atoms with Crippen molar-refractivity contribution in [3.8, 4) is 11.3 Å². The molecule has 1 aliphatic heterocycles. The van der Waals surface area contributed by atoms with Gasteiger partial charge in [0.25, 0.3) is 0 Å². The Morgan fingerprint density at radius 2 is 2.13 bits per heavy atom. The van der Waals surface area contributed by atoms with Crippen LogP contribution in [0.3, 0.4) is 0 Å². The van der Waals surface area contributed by atoms with Crippen molar-refractivity contribution in [2.45, 2.75) is 31.9 Å². The predicted octanol–water partition coefficient (Wildman–Crippen LogP) is 4.82. The smallest absolute Gasteiger partial charge is 0.389 e. The zero-order valence-electron chi connectivity index (χ0n) is 16.3. The molecule has 1 aliphatic rings. The first-order valence-corrected chi connectivity index (χ1v) is 9.76. The van der Waals surface area contributed by atoms with Gasteiger partial charge in [0.2, 0.25) is 0 Å². The molecule has 1 saturated heterocycles. The molecule has 0 radical (unpaired) electrons. The summed E-state index contributed by atoms with van der Waals surface area (Å²) in [6, 6.07) is 4.53. The third kappa shape index (κ3) is 4.78. The largest absolute Gasteiger partial charge is 0.481 e. The Kier molecular flexibility index (Phi) is 5.55. The molecule has 1 unspecified atom stereocenters. The molecule has 0 bridgehead atoms. The predicted molar refractivity (Wildman–Crippen MR) is 104 cm³/mol. The molecule has 4 rings (SSSR count). The summed E-state index contributed by atoms with van der Waals surface area (Å²) < 4.78 is 57.6. The monoisotopic (exact) mass is 437 g/mol. The first kappa shape index (κ1) is 21.1. The highest BCUT2D eigenvalue weighted by molar-refractivity contribution is 5.85. The molecule has 0 spiro atoms. The van der Waals surface area contributed by atoms with Crippen molar-refractivity contribution in [3.63, 3.8) is 0 Å². The Morgan fingerprint density at radius 1 is 1.32 bits per heavy atom. The molecule has 1 atom stereocenters. The summed E-state index contributed by atoms with van der Waals surface area (Å²) in [6.45, 7) is 0.867. The quantitative estimate of drug-likeness (QED) is 0.557. The van der Waals surface area contributed by atoms with E-state index >= 15 is 0 Å². The Hall–Kier alpha value is -3.17. The summed E-state index contributed by atoms with van der Waals surface area (Å²) in [4.78, 5) is 21.6. The lowest BCUT2D eigenvalue weighted by molar-refractivity contribution is -0.138. The summed E-state index contributed by atoms with van der Waals surface area (Å²) in [5, 5.41) is 9.58. The van der Waals surface area contributed by atoms with Crippen LogP contribution in [0.15, 0.2) is 35.1 Å². The number of rotatable bonds is 6. The van der Waals surface area contributed by atoms with Gasteiger partial charge in [-0.3, -0.25) is 9.78 Å². The number of furan rings is 1. The maximum absolute atomic E-state index is 14.5. The van der Waals surface area contributed by atoms with Crippen LogP contribution in [0.1, 0.15) is 25.0 Å². The highest BCUT2D eigenvalue weighted by Gasteiger charge is 2.30. The van der Waals surface area contributed by atoms with Gasteiger partial charge in [0.1, 0.15) is 5.69 Å². The van der Waals surface area contributed by atoms with E-state index in [1.165, 1.54) is 18.5 Å². The van der Waals surface area contributed by atoms with Crippen molar-refractivity contribution in [2.24, 2.45) is 5.92 Å². The molecule has 3 aromatic rings. The first-order chi connectivity index (χ1) is 14.7. The number of carboxylic acids is 1. The van der Waals surface area contributed by atoms with E-state index in [1.54, 1.807) is 12.1 Å². The van der Waals surface area contributed by atoms with E-state index < -0.39 is 24.4 Å². The van der Waals surface area contributed by atoms with E-state index in [4.69, 9.17) is 9.52 Å². The normalized spacial score (nSPS) is 16.9. The van der Waals surface area contributed by atoms with Crippen LogP contribution in [-0.4, -0.2) is 40.3 Å². The maximum Gasteiger partial charge on any atom is 0.389 e. The number of carboxylic acid groups (broad SMARTS) is 1. The second-order valence-electron chi connectivity index (χ2n) is 7.64. The number of aromatic nitrogens is 2. The summed E-state index contributed by atoms with van der Waals surface area (Å²) >= 11 is 0. The molecule has 0 amide bonds. The van der Waals surface area contributed by atoms with Gasteiger partial charge in [0.15, 0.2) is 17.2 Å². The standard InChI is InChI=1S/C21H19F4N3O3/c22-16-9-14(8-13-3-6-31-19(13)16)18-20(28-5-2-12(11-28)7-17(29)30)27-15(10-26-18)1-4-21(23,24)25/h3,6,8-10,12H,1-2,4-5,7,11H2,(H,29,30). The van der Waals surface area contributed by atoms with Gasteiger partial charge in [-0.1, -0.05) is 0 Å². The molecule has 0 saturated carbocycles. The van der Waals surface area contributed by atoms with Gasteiger partial charge in [-0.2, -0.15) is 13.2 Å². The number of benzene rings is 1. The zero-order valence-corrected chi connectivity index (χ0v) is 16.3. The number of nitrogens with zero attached hydrogens (tertiary/aromatic N) is 3. The minimum Gasteiger partial charge on any atom is -0.481 e. The van der Waals surface area contributed by atoms with Crippen LogP contribution < -0.4 is 4.90 Å². The molecular weight excluding hydrogens is 418 g/mol. The van der Waals surface area contributed by atoms with Crippen LogP contribution in [0.2, 0.25) is 0 Å². The van der Waals surface area contributed by atoms with Crippen LogP contribution in [0.5, 0.6) is 0 Å². The zero-order chi connectivity index (χ0) is 22.2. The molecule has 164 valence electrons. The van der Waals surface area contributed by atoms with Crippen LogP contribution in [0.25, 0.3) is 22.2 Å². The van der Waals surface area contributed by atoms with Crippen LogP contribution in [-0.2, 0) is 11.2 Å². The number of fused-ring (bicyclic) bond motifs is 1. The van der Waals surface area contributed by atoms with E-state index in [2.05, 4.69) is 9.97 Å². The molecule has 31 heavy (non-hydrogen) atoms. The number of hydrogen-bond donors (Lipinski definition) is 1. The molecule has 10 heteroatoms. The summed E-state index contributed by atoms with van der Waals surface area (Å²) in [6.07, 6.45) is -2.45. The molecule has 0 aliphatic carbocycles. The van der Waals surface area contributed by atoms with Gasteiger partial charge < -0.3 is 14.4 Å². The van der Waals surface area contributed by atoms with Gasteiger partial charge in [-0.05, 0) is 37.0 Å². The number of aryl methyl sites for hydroxylation is 1. The second-order valence-corrected chi connectivity index (χ2v) is 7.64.